The zero-order valence-electron chi connectivity index (χ0n) is 18.1. The molecule has 6 rings (SSSR count). The lowest BCUT2D eigenvalue weighted by atomic mass is 9.85. The first-order valence-electron chi connectivity index (χ1n) is 11.5. The van der Waals surface area contributed by atoms with E-state index in [2.05, 4.69) is 12.2 Å². The molecular formula is C26H24FN3O3. The predicted molar refractivity (Wildman–Crippen MR) is 121 cm³/mol. The first-order chi connectivity index (χ1) is 16.0. The van der Waals surface area contributed by atoms with E-state index in [-0.39, 0.29) is 47.2 Å². The quantitative estimate of drug-likeness (QED) is 0.538. The number of piperazine rings is 1. The molecule has 0 N–H and O–H groups in total. The van der Waals surface area contributed by atoms with Crippen molar-refractivity contribution in [1.82, 2.24) is 4.90 Å². The maximum Gasteiger partial charge on any atom is 0.254 e. The van der Waals surface area contributed by atoms with Crippen molar-refractivity contribution < 1.29 is 18.8 Å². The van der Waals surface area contributed by atoms with Crippen LogP contribution in [0, 0.1) is 29.5 Å². The fourth-order valence-electron chi connectivity index (χ4n) is 5.98. The predicted octanol–water partition coefficient (Wildman–Crippen LogP) is 3.10. The molecule has 2 saturated heterocycles. The van der Waals surface area contributed by atoms with Crippen LogP contribution in [0.3, 0.4) is 0 Å². The van der Waals surface area contributed by atoms with Crippen molar-refractivity contribution >= 4 is 29.1 Å². The van der Waals surface area contributed by atoms with Crippen LogP contribution < -0.4 is 9.80 Å². The number of anilines is 2. The molecule has 2 aliphatic heterocycles. The summed E-state index contributed by atoms with van der Waals surface area (Å²) in [6.45, 7) is 2.01. The minimum Gasteiger partial charge on any atom is -0.366 e. The highest BCUT2D eigenvalue weighted by atomic mass is 19.1. The maximum absolute atomic E-state index is 14.1. The summed E-state index contributed by atoms with van der Waals surface area (Å²) >= 11 is 0. The van der Waals surface area contributed by atoms with E-state index in [4.69, 9.17) is 0 Å². The van der Waals surface area contributed by atoms with Gasteiger partial charge in [0.05, 0.1) is 23.2 Å². The van der Waals surface area contributed by atoms with E-state index in [0.717, 1.165) is 6.42 Å². The van der Waals surface area contributed by atoms with Crippen LogP contribution in [0.2, 0.25) is 0 Å². The van der Waals surface area contributed by atoms with Gasteiger partial charge in [0.15, 0.2) is 0 Å². The van der Waals surface area contributed by atoms with Gasteiger partial charge in [-0.25, -0.2) is 9.29 Å². The van der Waals surface area contributed by atoms with E-state index in [0.29, 0.717) is 43.1 Å². The molecule has 168 valence electrons. The van der Waals surface area contributed by atoms with Crippen molar-refractivity contribution in [3.63, 3.8) is 0 Å². The Hall–Kier alpha value is -3.48. The van der Waals surface area contributed by atoms with Gasteiger partial charge < -0.3 is 9.80 Å². The molecule has 6 nitrogen and oxygen atoms in total. The summed E-state index contributed by atoms with van der Waals surface area (Å²) in [6.07, 6.45) is 5.03. The number of imide groups is 1. The van der Waals surface area contributed by atoms with E-state index in [9.17, 15) is 18.8 Å². The number of carbonyl (C=O) groups excluding carboxylic acids is 3. The summed E-state index contributed by atoms with van der Waals surface area (Å²) in [7, 11) is 0. The summed E-state index contributed by atoms with van der Waals surface area (Å²) in [6, 6.07) is 13.5. The van der Waals surface area contributed by atoms with Crippen molar-refractivity contribution in [1.29, 1.82) is 0 Å². The van der Waals surface area contributed by atoms with Gasteiger partial charge in [0.1, 0.15) is 5.82 Å². The normalized spacial score (nSPS) is 28.1. The smallest absolute Gasteiger partial charge is 0.254 e. The molecule has 0 spiro atoms. The van der Waals surface area contributed by atoms with Gasteiger partial charge >= 0.3 is 0 Å². The number of fused-ring (bicyclic) bond motifs is 5. The number of hydrogen-bond acceptors (Lipinski definition) is 4. The zero-order chi connectivity index (χ0) is 22.7. The highest BCUT2D eigenvalue weighted by Crippen LogP contribution is 2.53. The molecule has 4 atom stereocenters. The second-order valence-corrected chi connectivity index (χ2v) is 9.29. The molecule has 7 heteroatoms. The molecular weight excluding hydrogens is 421 g/mol. The molecule has 0 radical (unpaired) electrons. The largest absolute Gasteiger partial charge is 0.366 e. The molecule has 33 heavy (non-hydrogen) atoms. The summed E-state index contributed by atoms with van der Waals surface area (Å²) in [4.78, 5) is 44.4. The third kappa shape index (κ3) is 3.09. The lowest BCUT2D eigenvalue weighted by Crippen LogP contribution is -2.49. The Kier molecular flexibility index (Phi) is 4.60. The van der Waals surface area contributed by atoms with Crippen LogP contribution >= 0.6 is 0 Å². The van der Waals surface area contributed by atoms with Crippen LogP contribution in [0.15, 0.2) is 60.7 Å². The highest BCUT2D eigenvalue weighted by molar-refractivity contribution is 6.23. The molecule has 1 saturated carbocycles. The first-order valence-corrected chi connectivity index (χ1v) is 11.5. The molecule has 3 fully saturated rings. The molecule has 3 amide bonds. The summed E-state index contributed by atoms with van der Waals surface area (Å²) in [5.41, 5.74) is 1.46. The molecule has 2 aliphatic carbocycles. The molecule has 0 unspecified atom stereocenters. The van der Waals surface area contributed by atoms with Gasteiger partial charge in [0.2, 0.25) is 11.8 Å². The number of hydrogen-bond donors (Lipinski definition) is 0. The first kappa shape index (κ1) is 20.1. The minimum atomic E-state index is -0.265. The van der Waals surface area contributed by atoms with Gasteiger partial charge in [-0.15, -0.1) is 0 Å². The molecule has 2 aromatic rings. The average Bonchev–Trinajstić information content (AvgIpc) is 3.53. The molecule has 2 heterocycles. The zero-order valence-corrected chi connectivity index (χ0v) is 18.1. The lowest BCUT2D eigenvalue weighted by molar-refractivity contribution is -0.123. The van der Waals surface area contributed by atoms with E-state index >= 15 is 0 Å². The monoisotopic (exact) mass is 445 g/mol. The topological polar surface area (TPSA) is 60.9 Å². The van der Waals surface area contributed by atoms with E-state index in [1.807, 2.05) is 4.90 Å². The summed E-state index contributed by atoms with van der Waals surface area (Å²) in [5.74, 6) is -0.940. The Morgan fingerprint density at radius 2 is 1.52 bits per heavy atom. The standard InChI is InChI=1S/C26H24FN3O3/c27-20-6-1-2-7-21(20)28-10-12-29(13-11-28)24(31)18-4-3-5-19(15-18)30-25(32)22-16-8-9-17(14-16)23(22)26(30)33/h1-9,15-17,22-23H,10-14H2/t16-,17-,22-,23-/m0/s1. The fourth-order valence-corrected chi connectivity index (χ4v) is 5.98. The number of allylic oxidation sites excluding steroid dienone is 2. The van der Waals surface area contributed by atoms with Crippen LogP contribution in [-0.4, -0.2) is 48.8 Å². The number of benzene rings is 2. The average molecular weight is 445 g/mol. The van der Waals surface area contributed by atoms with Crippen molar-refractivity contribution in [2.45, 2.75) is 6.42 Å². The van der Waals surface area contributed by atoms with E-state index in [1.54, 1.807) is 47.4 Å². The third-order valence-electron chi connectivity index (χ3n) is 7.58. The van der Waals surface area contributed by atoms with Gasteiger partial charge in [-0.1, -0.05) is 30.4 Å². The van der Waals surface area contributed by atoms with Crippen molar-refractivity contribution in [2.75, 3.05) is 36.0 Å². The fraction of sp³-hybridized carbons (Fsp3) is 0.346. The molecule has 4 aliphatic rings. The van der Waals surface area contributed by atoms with Crippen LogP contribution in [0.1, 0.15) is 16.8 Å². The Labute approximate surface area is 191 Å². The summed E-state index contributed by atoms with van der Waals surface area (Å²) < 4.78 is 14.1. The van der Waals surface area contributed by atoms with Crippen LogP contribution in [0.25, 0.3) is 0 Å². The second kappa shape index (κ2) is 7.54. The number of carbonyl (C=O) groups is 3. The third-order valence-corrected chi connectivity index (χ3v) is 7.58. The molecule has 2 aromatic carbocycles. The second-order valence-electron chi connectivity index (χ2n) is 9.29. The minimum absolute atomic E-state index is 0.147. The van der Waals surface area contributed by atoms with E-state index in [1.165, 1.54) is 11.0 Å². The Balaban J connectivity index is 1.18. The van der Waals surface area contributed by atoms with Gasteiger partial charge in [-0.2, -0.15) is 0 Å². The lowest BCUT2D eigenvalue weighted by Gasteiger charge is -2.36. The SMILES string of the molecule is O=C(c1cccc(N2C(=O)[C@@H]3[C@@H](C2=O)[C@H]2C=C[C@H]3C2)c1)N1CCN(c2ccccc2F)CC1. The van der Waals surface area contributed by atoms with Crippen molar-refractivity contribution in [2.24, 2.45) is 23.7 Å². The van der Waals surface area contributed by atoms with Gasteiger partial charge in [-0.05, 0) is 48.6 Å². The van der Waals surface area contributed by atoms with Gasteiger partial charge in [0.25, 0.3) is 5.91 Å². The van der Waals surface area contributed by atoms with Crippen LogP contribution in [0.5, 0.6) is 0 Å². The van der Waals surface area contributed by atoms with Crippen LogP contribution in [0.4, 0.5) is 15.8 Å². The molecule has 2 bridgehead atoms. The number of para-hydroxylation sites is 1. The highest BCUT2D eigenvalue weighted by Gasteiger charge is 2.59. The summed E-state index contributed by atoms with van der Waals surface area (Å²) in [5, 5.41) is 0. The number of halogens is 1. The van der Waals surface area contributed by atoms with Crippen molar-refractivity contribution in [3.8, 4) is 0 Å². The number of amides is 3. The molecule has 0 aromatic heterocycles. The number of rotatable bonds is 3. The van der Waals surface area contributed by atoms with Gasteiger partial charge in [-0.3, -0.25) is 14.4 Å². The number of nitrogens with zero attached hydrogens (tertiary/aromatic N) is 3. The van der Waals surface area contributed by atoms with E-state index < -0.39 is 0 Å². The van der Waals surface area contributed by atoms with Crippen molar-refractivity contribution in [3.05, 3.63) is 72.1 Å². The Morgan fingerprint density at radius 1 is 0.848 bits per heavy atom. The Morgan fingerprint density at radius 3 is 2.18 bits per heavy atom. The van der Waals surface area contributed by atoms with Crippen LogP contribution in [-0.2, 0) is 9.59 Å². The van der Waals surface area contributed by atoms with Gasteiger partial charge in [0, 0.05) is 31.7 Å². The Bertz CT molecular complexity index is 1160. The maximum atomic E-state index is 14.1.